The molecule has 2 N–H and O–H groups in total. The fourth-order valence-electron chi connectivity index (χ4n) is 2.52. The monoisotopic (exact) mass is 258 g/mol. The van der Waals surface area contributed by atoms with Crippen molar-refractivity contribution < 1.29 is 0 Å². The summed E-state index contributed by atoms with van der Waals surface area (Å²) in [6, 6.07) is 6.89. The number of fused-ring (bicyclic) bond motifs is 1. The van der Waals surface area contributed by atoms with Crippen molar-refractivity contribution in [1.82, 2.24) is 0 Å². The van der Waals surface area contributed by atoms with Gasteiger partial charge in [0, 0.05) is 18.3 Å². The van der Waals surface area contributed by atoms with Crippen LogP contribution in [0.3, 0.4) is 0 Å². The maximum Gasteiger partial charge on any atom is 0.0441 e. The summed E-state index contributed by atoms with van der Waals surface area (Å²) in [4.78, 5) is 4.72. The van der Waals surface area contributed by atoms with E-state index >= 15 is 0 Å². The first-order valence-electron chi connectivity index (χ1n) is 7.27. The number of nitrogens with two attached hydrogens (primary N) is 1. The van der Waals surface area contributed by atoms with E-state index in [0.717, 1.165) is 25.1 Å². The first-order valence-corrected chi connectivity index (χ1v) is 7.27. The quantitative estimate of drug-likeness (QED) is 0.803. The molecule has 1 aliphatic carbocycles. The van der Waals surface area contributed by atoms with Crippen molar-refractivity contribution >= 4 is 5.71 Å². The molecule has 0 aliphatic heterocycles. The average Bonchev–Trinajstić information content (AvgIpc) is 2.35. The van der Waals surface area contributed by atoms with E-state index in [1.807, 2.05) is 0 Å². The first kappa shape index (κ1) is 14.3. The van der Waals surface area contributed by atoms with Crippen LogP contribution >= 0.6 is 0 Å². The van der Waals surface area contributed by atoms with Gasteiger partial charge in [-0.1, -0.05) is 32.9 Å². The third-order valence-corrected chi connectivity index (χ3v) is 3.71. The lowest BCUT2D eigenvalue weighted by atomic mass is 9.86. The van der Waals surface area contributed by atoms with Gasteiger partial charge in [-0.25, -0.2) is 0 Å². The summed E-state index contributed by atoms with van der Waals surface area (Å²) in [5.41, 5.74) is 11.5. The molecule has 2 heteroatoms. The Labute approximate surface area is 117 Å². The van der Waals surface area contributed by atoms with Gasteiger partial charge >= 0.3 is 0 Å². The van der Waals surface area contributed by atoms with E-state index in [-0.39, 0.29) is 11.5 Å². The van der Waals surface area contributed by atoms with Crippen molar-refractivity contribution in [2.75, 3.05) is 6.54 Å². The van der Waals surface area contributed by atoms with Gasteiger partial charge < -0.3 is 5.73 Å². The van der Waals surface area contributed by atoms with E-state index < -0.39 is 0 Å². The van der Waals surface area contributed by atoms with Crippen molar-refractivity contribution in [2.24, 2.45) is 16.1 Å². The zero-order chi connectivity index (χ0) is 14.0. The van der Waals surface area contributed by atoms with Gasteiger partial charge in [-0.2, -0.15) is 0 Å². The Morgan fingerprint density at radius 2 is 2.11 bits per heavy atom. The first-order chi connectivity index (χ1) is 8.87. The SMILES string of the molecule is CC(=NCC(C)(C)C)c1ccc2c(c1)CCCC2N. The number of nitrogens with zero attached hydrogens (tertiary/aromatic N) is 1. The summed E-state index contributed by atoms with van der Waals surface area (Å²) in [5, 5.41) is 0. The van der Waals surface area contributed by atoms with Crippen LogP contribution in [0.2, 0.25) is 0 Å². The highest BCUT2D eigenvalue weighted by molar-refractivity contribution is 5.99. The van der Waals surface area contributed by atoms with Crippen LogP contribution in [-0.2, 0) is 6.42 Å². The molecule has 2 rings (SSSR count). The summed E-state index contributed by atoms with van der Waals surface area (Å²) in [6.07, 6.45) is 3.47. The lowest BCUT2D eigenvalue weighted by Crippen LogP contribution is -2.18. The minimum absolute atomic E-state index is 0.227. The van der Waals surface area contributed by atoms with Gasteiger partial charge in [-0.15, -0.1) is 0 Å². The van der Waals surface area contributed by atoms with Gasteiger partial charge in [0.15, 0.2) is 0 Å². The highest BCUT2D eigenvalue weighted by atomic mass is 14.7. The maximum atomic E-state index is 6.16. The minimum atomic E-state index is 0.227. The van der Waals surface area contributed by atoms with Crippen molar-refractivity contribution in [3.8, 4) is 0 Å². The van der Waals surface area contributed by atoms with E-state index in [1.165, 1.54) is 23.1 Å². The molecule has 0 saturated carbocycles. The highest BCUT2D eigenvalue weighted by Crippen LogP contribution is 2.28. The van der Waals surface area contributed by atoms with E-state index in [9.17, 15) is 0 Å². The minimum Gasteiger partial charge on any atom is -0.324 e. The van der Waals surface area contributed by atoms with Crippen LogP contribution in [0.25, 0.3) is 0 Å². The van der Waals surface area contributed by atoms with Crippen LogP contribution in [-0.4, -0.2) is 12.3 Å². The Balaban J connectivity index is 2.22. The van der Waals surface area contributed by atoms with Gasteiger partial charge in [0.1, 0.15) is 0 Å². The second-order valence-corrected chi connectivity index (χ2v) is 6.87. The zero-order valence-corrected chi connectivity index (χ0v) is 12.7. The second-order valence-electron chi connectivity index (χ2n) is 6.87. The second kappa shape index (κ2) is 5.46. The lowest BCUT2D eigenvalue weighted by Gasteiger charge is -2.23. The Hall–Kier alpha value is -1.15. The number of benzene rings is 1. The van der Waals surface area contributed by atoms with E-state index in [2.05, 4.69) is 45.9 Å². The van der Waals surface area contributed by atoms with Gasteiger partial charge in [-0.05, 0) is 54.4 Å². The summed E-state index contributed by atoms with van der Waals surface area (Å²) in [7, 11) is 0. The van der Waals surface area contributed by atoms with Gasteiger partial charge in [0.2, 0.25) is 0 Å². The average molecular weight is 258 g/mol. The molecule has 0 bridgehead atoms. The summed E-state index contributed by atoms with van der Waals surface area (Å²) in [5.74, 6) is 0. The van der Waals surface area contributed by atoms with Crippen LogP contribution in [0.4, 0.5) is 0 Å². The van der Waals surface area contributed by atoms with Crippen LogP contribution in [0, 0.1) is 5.41 Å². The molecular weight excluding hydrogens is 232 g/mol. The Kier molecular flexibility index (Phi) is 4.10. The lowest BCUT2D eigenvalue weighted by molar-refractivity contribution is 0.429. The molecular formula is C17H26N2. The highest BCUT2D eigenvalue weighted by Gasteiger charge is 2.17. The molecule has 0 radical (unpaired) electrons. The van der Waals surface area contributed by atoms with E-state index in [4.69, 9.17) is 10.7 Å². The van der Waals surface area contributed by atoms with E-state index in [0.29, 0.717) is 0 Å². The number of aryl methyl sites for hydroxylation is 1. The van der Waals surface area contributed by atoms with Crippen molar-refractivity contribution in [3.63, 3.8) is 0 Å². The predicted molar refractivity (Wildman–Crippen MR) is 82.8 cm³/mol. The van der Waals surface area contributed by atoms with Crippen molar-refractivity contribution in [2.45, 2.75) is 53.0 Å². The third kappa shape index (κ3) is 3.66. The third-order valence-electron chi connectivity index (χ3n) is 3.71. The molecule has 0 saturated heterocycles. The van der Waals surface area contributed by atoms with Gasteiger partial charge in [0.25, 0.3) is 0 Å². The maximum absolute atomic E-state index is 6.16. The van der Waals surface area contributed by atoms with Crippen LogP contribution in [0.15, 0.2) is 23.2 Å². The molecule has 1 aliphatic rings. The fraction of sp³-hybridized carbons (Fsp3) is 0.588. The summed E-state index contributed by atoms with van der Waals surface area (Å²) >= 11 is 0. The molecule has 19 heavy (non-hydrogen) atoms. The van der Waals surface area contributed by atoms with Crippen molar-refractivity contribution in [1.29, 1.82) is 0 Å². The largest absolute Gasteiger partial charge is 0.324 e. The summed E-state index contributed by atoms with van der Waals surface area (Å²) < 4.78 is 0. The molecule has 104 valence electrons. The predicted octanol–water partition coefficient (Wildman–Crippen LogP) is 3.88. The molecule has 0 amide bonds. The molecule has 1 aromatic rings. The molecule has 0 spiro atoms. The number of aliphatic imine (C=N–C) groups is 1. The molecule has 2 nitrogen and oxygen atoms in total. The smallest absolute Gasteiger partial charge is 0.0441 e. The molecule has 0 heterocycles. The molecule has 1 aromatic carbocycles. The topological polar surface area (TPSA) is 38.4 Å². The number of rotatable bonds is 2. The Morgan fingerprint density at radius 1 is 1.37 bits per heavy atom. The molecule has 1 atom stereocenters. The summed E-state index contributed by atoms with van der Waals surface area (Å²) in [6.45, 7) is 9.63. The van der Waals surface area contributed by atoms with Crippen LogP contribution in [0.5, 0.6) is 0 Å². The zero-order valence-electron chi connectivity index (χ0n) is 12.7. The molecule has 0 fully saturated rings. The standard InChI is InChI=1S/C17H26N2/c1-12(19-11-17(2,3)4)13-8-9-15-14(10-13)6-5-7-16(15)18/h8-10,16H,5-7,11,18H2,1-4H3. The van der Waals surface area contributed by atoms with Gasteiger partial charge in [-0.3, -0.25) is 4.99 Å². The Morgan fingerprint density at radius 3 is 2.79 bits per heavy atom. The molecule has 1 unspecified atom stereocenters. The number of hydrogen-bond acceptors (Lipinski definition) is 2. The van der Waals surface area contributed by atoms with Gasteiger partial charge in [0.05, 0.1) is 0 Å². The normalized spacial score (nSPS) is 20.3. The molecule has 0 aromatic heterocycles. The van der Waals surface area contributed by atoms with E-state index in [1.54, 1.807) is 0 Å². The van der Waals surface area contributed by atoms with Crippen molar-refractivity contribution in [3.05, 3.63) is 34.9 Å². The fourth-order valence-corrected chi connectivity index (χ4v) is 2.52. The van der Waals surface area contributed by atoms with Crippen LogP contribution in [0.1, 0.15) is 63.3 Å². The number of hydrogen-bond donors (Lipinski definition) is 1. The Bertz CT molecular complexity index is 481. The van der Waals surface area contributed by atoms with Crippen LogP contribution < -0.4 is 5.73 Å².